The van der Waals surface area contributed by atoms with Gasteiger partial charge >= 0.3 is 6.03 Å². The fourth-order valence-corrected chi connectivity index (χ4v) is 3.65. The fraction of sp³-hybridized carbons (Fsp3) is 0.444. The minimum absolute atomic E-state index is 0.201. The smallest absolute Gasteiger partial charge is 0.315 e. The lowest BCUT2D eigenvalue weighted by molar-refractivity contribution is 0.240. The molecule has 1 aromatic heterocycles. The summed E-state index contributed by atoms with van der Waals surface area (Å²) in [6.45, 7) is 2.22. The topological polar surface area (TPSA) is 72.5 Å². The third kappa shape index (κ3) is 4.22. The van der Waals surface area contributed by atoms with E-state index >= 15 is 0 Å². The van der Waals surface area contributed by atoms with Crippen molar-refractivity contribution in [3.8, 4) is 11.5 Å². The van der Waals surface area contributed by atoms with Gasteiger partial charge in [-0.3, -0.25) is 0 Å². The molecular weight excluding hydrogens is 338 g/mol. The molecule has 1 saturated carbocycles. The highest BCUT2D eigenvalue weighted by atomic mass is 32.1. The maximum absolute atomic E-state index is 12.0. The molecule has 25 heavy (non-hydrogen) atoms. The average molecular weight is 359 g/mol. The Bertz CT molecular complexity index is 758. The van der Waals surface area contributed by atoms with E-state index in [9.17, 15) is 4.79 Å². The Morgan fingerprint density at radius 3 is 2.80 bits per heavy atom. The van der Waals surface area contributed by atoms with Gasteiger partial charge in [-0.05, 0) is 30.5 Å². The molecule has 0 spiro atoms. The normalized spacial score (nSPS) is 16.2. The lowest BCUT2D eigenvalue weighted by Crippen LogP contribution is -2.34. The van der Waals surface area contributed by atoms with E-state index in [4.69, 9.17) is 9.47 Å². The molecule has 7 heteroatoms. The Morgan fingerprint density at radius 2 is 1.96 bits per heavy atom. The Kier molecular flexibility index (Phi) is 4.74. The van der Waals surface area contributed by atoms with Crippen molar-refractivity contribution in [2.24, 2.45) is 0 Å². The van der Waals surface area contributed by atoms with Crippen LogP contribution in [0.5, 0.6) is 11.5 Å². The van der Waals surface area contributed by atoms with E-state index in [1.807, 2.05) is 23.6 Å². The largest absolute Gasteiger partial charge is 0.490 e. The van der Waals surface area contributed by atoms with Gasteiger partial charge in [0.2, 0.25) is 0 Å². The molecule has 4 rings (SSSR count). The fourth-order valence-electron chi connectivity index (χ4n) is 2.65. The molecule has 0 radical (unpaired) electrons. The van der Waals surface area contributed by atoms with Crippen molar-refractivity contribution in [1.82, 2.24) is 15.6 Å². The molecule has 1 fully saturated rings. The van der Waals surface area contributed by atoms with Crippen LogP contribution in [0.1, 0.15) is 41.4 Å². The van der Waals surface area contributed by atoms with Crippen LogP contribution >= 0.6 is 11.3 Å². The first-order valence-corrected chi connectivity index (χ1v) is 9.50. The van der Waals surface area contributed by atoms with Crippen molar-refractivity contribution >= 4 is 17.4 Å². The van der Waals surface area contributed by atoms with Gasteiger partial charge in [-0.15, -0.1) is 11.3 Å². The van der Waals surface area contributed by atoms with E-state index in [1.165, 1.54) is 17.8 Å². The van der Waals surface area contributed by atoms with Crippen LogP contribution in [0.4, 0.5) is 4.79 Å². The number of ether oxygens (including phenoxy) is 2. The minimum atomic E-state index is -0.201. The Morgan fingerprint density at radius 1 is 1.16 bits per heavy atom. The molecule has 0 bridgehead atoms. The van der Waals surface area contributed by atoms with Gasteiger partial charge in [0.05, 0.1) is 30.5 Å². The summed E-state index contributed by atoms with van der Waals surface area (Å²) in [5, 5.41) is 8.94. The van der Waals surface area contributed by atoms with Crippen LogP contribution in [0, 0.1) is 0 Å². The molecule has 0 atom stereocenters. The number of amides is 2. The van der Waals surface area contributed by atoms with Gasteiger partial charge in [-0.1, -0.05) is 6.07 Å². The van der Waals surface area contributed by atoms with E-state index in [2.05, 4.69) is 15.6 Å². The number of thiazole rings is 1. The van der Waals surface area contributed by atoms with Crippen molar-refractivity contribution < 1.29 is 14.3 Å². The third-order valence-corrected chi connectivity index (χ3v) is 5.25. The predicted octanol–water partition coefficient (Wildman–Crippen LogP) is 3.18. The summed E-state index contributed by atoms with van der Waals surface area (Å²) in [7, 11) is 0. The maximum atomic E-state index is 12.0. The number of hydrogen-bond donors (Lipinski definition) is 2. The Hall–Kier alpha value is -2.28. The molecule has 2 aromatic rings. The molecule has 132 valence electrons. The zero-order valence-corrected chi connectivity index (χ0v) is 14.7. The van der Waals surface area contributed by atoms with Gasteiger partial charge in [-0.25, -0.2) is 9.78 Å². The Balaban J connectivity index is 1.26. The number of carbonyl (C=O) groups is 1. The highest BCUT2D eigenvalue weighted by Crippen LogP contribution is 2.41. The highest BCUT2D eigenvalue weighted by Gasteiger charge is 2.26. The van der Waals surface area contributed by atoms with E-state index in [-0.39, 0.29) is 6.03 Å². The first kappa shape index (κ1) is 16.2. The lowest BCUT2D eigenvalue weighted by Gasteiger charge is -2.10. The predicted molar refractivity (Wildman–Crippen MR) is 95.2 cm³/mol. The van der Waals surface area contributed by atoms with Gasteiger partial charge in [0.1, 0.15) is 0 Å². The zero-order chi connectivity index (χ0) is 17.1. The first-order valence-electron chi connectivity index (χ1n) is 8.62. The minimum Gasteiger partial charge on any atom is -0.490 e. The highest BCUT2D eigenvalue weighted by molar-refractivity contribution is 7.09. The van der Waals surface area contributed by atoms with E-state index < -0.39 is 0 Å². The summed E-state index contributed by atoms with van der Waals surface area (Å²) < 4.78 is 11.3. The number of nitrogens with zero attached hydrogens (tertiary/aromatic N) is 1. The van der Waals surface area contributed by atoms with Crippen molar-refractivity contribution in [3.63, 3.8) is 0 Å². The van der Waals surface area contributed by atoms with Gasteiger partial charge in [-0.2, -0.15) is 0 Å². The standard InChI is InChI=1S/C18H21N3O3S/c22-18(20-10-14-11-25-17(21-14)13-3-4-13)19-9-12-2-5-15-16(8-12)24-7-1-6-23-15/h2,5,8,11,13H,1,3-4,6-7,9-10H2,(H2,19,20,22). The lowest BCUT2D eigenvalue weighted by atomic mass is 10.2. The molecule has 2 aliphatic rings. The molecule has 1 aromatic carbocycles. The molecule has 2 N–H and O–H groups in total. The number of rotatable bonds is 5. The number of urea groups is 1. The average Bonchev–Trinajstić information content (AvgIpc) is 3.41. The quantitative estimate of drug-likeness (QED) is 0.860. The van der Waals surface area contributed by atoms with Crippen LogP contribution in [0.2, 0.25) is 0 Å². The van der Waals surface area contributed by atoms with Crippen LogP contribution in [-0.4, -0.2) is 24.2 Å². The van der Waals surface area contributed by atoms with Crippen LogP contribution in [0.25, 0.3) is 0 Å². The van der Waals surface area contributed by atoms with Crippen molar-refractivity contribution in [2.45, 2.75) is 38.3 Å². The first-order chi connectivity index (χ1) is 12.3. The van der Waals surface area contributed by atoms with Crippen molar-refractivity contribution in [2.75, 3.05) is 13.2 Å². The summed E-state index contributed by atoms with van der Waals surface area (Å²) in [6.07, 6.45) is 3.37. The molecular formula is C18H21N3O3S. The third-order valence-electron chi connectivity index (χ3n) is 4.19. The Labute approximate surface area is 150 Å². The number of fused-ring (bicyclic) bond motifs is 1. The van der Waals surface area contributed by atoms with E-state index in [0.29, 0.717) is 32.2 Å². The van der Waals surface area contributed by atoms with Gasteiger partial charge in [0.25, 0.3) is 0 Å². The molecule has 2 heterocycles. The zero-order valence-electron chi connectivity index (χ0n) is 13.9. The van der Waals surface area contributed by atoms with Gasteiger partial charge < -0.3 is 20.1 Å². The van der Waals surface area contributed by atoms with Crippen molar-refractivity contribution in [1.29, 1.82) is 0 Å². The molecule has 6 nitrogen and oxygen atoms in total. The second-order valence-corrected chi connectivity index (χ2v) is 7.21. The van der Waals surface area contributed by atoms with Gasteiger partial charge in [0.15, 0.2) is 11.5 Å². The molecule has 1 aliphatic carbocycles. The van der Waals surface area contributed by atoms with Crippen molar-refractivity contribution in [3.05, 3.63) is 39.8 Å². The number of benzene rings is 1. The SMILES string of the molecule is O=C(NCc1ccc2c(c1)OCCCO2)NCc1csc(C2CC2)n1. The molecule has 1 aliphatic heterocycles. The summed E-state index contributed by atoms with van der Waals surface area (Å²) in [5.74, 6) is 2.17. The summed E-state index contributed by atoms with van der Waals surface area (Å²) in [5.41, 5.74) is 1.90. The second kappa shape index (κ2) is 7.31. The monoisotopic (exact) mass is 359 g/mol. The maximum Gasteiger partial charge on any atom is 0.315 e. The van der Waals surface area contributed by atoms with Crippen LogP contribution in [-0.2, 0) is 13.1 Å². The second-order valence-electron chi connectivity index (χ2n) is 6.32. The number of aromatic nitrogens is 1. The molecule has 2 amide bonds. The summed E-state index contributed by atoms with van der Waals surface area (Å²) in [6, 6.07) is 5.55. The van der Waals surface area contributed by atoms with Crippen LogP contribution in [0.3, 0.4) is 0 Å². The number of hydrogen-bond acceptors (Lipinski definition) is 5. The van der Waals surface area contributed by atoms with Crippen LogP contribution < -0.4 is 20.1 Å². The van der Waals surface area contributed by atoms with E-state index in [1.54, 1.807) is 11.3 Å². The molecule has 0 saturated heterocycles. The van der Waals surface area contributed by atoms with Gasteiger partial charge in [0, 0.05) is 24.3 Å². The molecule has 0 unspecified atom stereocenters. The van der Waals surface area contributed by atoms with Crippen LogP contribution in [0.15, 0.2) is 23.6 Å². The summed E-state index contributed by atoms with van der Waals surface area (Å²) >= 11 is 1.69. The van der Waals surface area contributed by atoms with E-state index in [0.717, 1.165) is 29.2 Å². The number of carbonyl (C=O) groups excluding carboxylic acids is 1. The number of nitrogens with one attached hydrogen (secondary N) is 2. The summed E-state index contributed by atoms with van der Waals surface area (Å²) in [4.78, 5) is 16.5.